The Labute approximate surface area is 121 Å². The average molecular weight is 275 g/mol. The van der Waals surface area contributed by atoms with Crippen molar-refractivity contribution in [3.05, 3.63) is 29.3 Å². The predicted octanol–water partition coefficient (Wildman–Crippen LogP) is 3.66. The SMILES string of the molecule is CCC1CCCCN1Cc1cc(C(C)=O)ccc1OC. The van der Waals surface area contributed by atoms with Gasteiger partial charge < -0.3 is 4.74 Å². The normalized spacial score (nSPS) is 19.9. The van der Waals surface area contributed by atoms with Gasteiger partial charge >= 0.3 is 0 Å². The topological polar surface area (TPSA) is 29.5 Å². The van der Waals surface area contributed by atoms with Crippen molar-refractivity contribution in [3.8, 4) is 5.75 Å². The Balaban J connectivity index is 2.21. The van der Waals surface area contributed by atoms with E-state index in [1.54, 1.807) is 14.0 Å². The van der Waals surface area contributed by atoms with E-state index in [0.717, 1.165) is 30.0 Å². The Morgan fingerprint density at radius 1 is 1.40 bits per heavy atom. The molecular weight excluding hydrogens is 250 g/mol. The fourth-order valence-corrected chi connectivity index (χ4v) is 3.07. The first-order valence-corrected chi connectivity index (χ1v) is 7.57. The highest BCUT2D eigenvalue weighted by Crippen LogP contribution is 2.26. The molecule has 0 aromatic heterocycles. The van der Waals surface area contributed by atoms with Gasteiger partial charge in [0.25, 0.3) is 0 Å². The van der Waals surface area contributed by atoms with Crippen molar-refractivity contribution in [1.82, 2.24) is 4.90 Å². The number of hydrogen-bond acceptors (Lipinski definition) is 3. The van der Waals surface area contributed by atoms with Crippen LogP contribution in [0.5, 0.6) is 5.75 Å². The molecule has 2 rings (SSSR count). The number of ketones is 1. The highest BCUT2D eigenvalue weighted by molar-refractivity contribution is 5.94. The zero-order valence-electron chi connectivity index (χ0n) is 12.8. The van der Waals surface area contributed by atoms with Gasteiger partial charge in [-0.2, -0.15) is 0 Å². The van der Waals surface area contributed by atoms with Crippen LogP contribution in [-0.2, 0) is 6.54 Å². The highest BCUT2D eigenvalue weighted by atomic mass is 16.5. The number of carbonyl (C=O) groups is 1. The monoisotopic (exact) mass is 275 g/mol. The third-order valence-corrected chi connectivity index (χ3v) is 4.28. The lowest BCUT2D eigenvalue weighted by molar-refractivity contribution is 0.101. The van der Waals surface area contributed by atoms with E-state index < -0.39 is 0 Å². The van der Waals surface area contributed by atoms with Crippen LogP contribution >= 0.6 is 0 Å². The molecule has 1 aliphatic rings. The molecule has 0 saturated carbocycles. The molecule has 20 heavy (non-hydrogen) atoms. The lowest BCUT2D eigenvalue weighted by Crippen LogP contribution is -2.38. The first-order valence-electron chi connectivity index (χ1n) is 7.57. The number of benzene rings is 1. The minimum absolute atomic E-state index is 0.111. The summed E-state index contributed by atoms with van der Waals surface area (Å²) in [5.74, 6) is 0.995. The Morgan fingerprint density at radius 2 is 2.20 bits per heavy atom. The van der Waals surface area contributed by atoms with Gasteiger partial charge in [-0.3, -0.25) is 9.69 Å². The molecule has 3 nitrogen and oxygen atoms in total. The summed E-state index contributed by atoms with van der Waals surface area (Å²) in [6.07, 6.45) is 5.07. The van der Waals surface area contributed by atoms with Crippen molar-refractivity contribution >= 4 is 5.78 Å². The van der Waals surface area contributed by atoms with Crippen molar-refractivity contribution in [3.63, 3.8) is 0 Å². The Morgan fingerprint density at radius 3 is 2.85 bits per heavy atom. The van der Waals surface area contributed by atoms with E-state index in [9.17, 15) is 4.79 Å². The molecule has 0 N–H and O–H groups in total. The maximum absolute atomic E-state index is 11.6. The number of carbonyl (C=O) groups excluding carboxylic acids is 1. The molecule has 1 unspecified atom stereocenters. The summed E-state index contributed by atoms with van der Waals surface area (Å²) in [4.78, 5) is 14.1. The van der Waals surface area contributed by atoms with Gasteiger partial charge in [0.15, 0.2) is 5.78 Å². The lowest BCUT2D eigenvalue weighted by atomic mass is 9.98. The van der Waals surface area contributed by atoms with Crippen molar-refractivity contribution in [1.29, 1.82) is 0 Å². The van der Waals surface area contributed by atoms with Crippen LogP contribution in [0.2, 0.25) is 0 Å². The van der Waals surface area contributed by atoms with Gasteiger partial charge in [0.2, 0.25) is 0 Å². The molecule has 0 radical (unpaired) electrons. The fraction of sp³-hybridized carbons (Fsp3) is 0.588. The van der Waals surface area contributed by atoms with E-state index in [1.165, 1.54) is 25.7 Å². The number of piperidine rings is 1. The van der Waals surface area contributed by atoms with Crippen LogP contribution in [0.1, 0.15) is 55.5 Å². The van der Waals surface area contributed by atoms with Crippen molar-refractivity contribution in [2.45, 2.75) is 52.1 Å². The van der Waals surface area contributed by atoms with Crippen LogP contribution < -0.4 is 4.74 Å². The summed E-state index contributed by atoms with van der Waals surface area (Å²) in [6, 6.07) is 6.41. The third-order valence-electron chi connectivity index (χ3n) is 4.28. The summed E-state index contributed by atoms with van der Waals surface area (Å²) in [5.41, 5.74) is 1.89. The zero-order chi connectivity index (χ0) is 14.5. The first kappa shape index (κ1) is 15.0. The number of rotatable bonds is 5. The smallest absolute Gasteiger partial charge is 0.159 e. The molecule has 110 valence electrons. The second-order valence-corrected chi connectivity index (χ2v) is 5.61. The number of methoxy groups -OCH3 is 1. The summed E-state index contributed by atoms with van der Waals surface area (Å²) in [5, 5.41) is 0. The van der Waals surface area contributed by atoms with E-state index in [1.807, 2.05) is 18.2 Å². The molecule has 1 heterocycles. The summed E-state index contributed by atoms with van der Waals surface area (Å²) >= 11 is 0. The van der Waals surface area contributed by atoms with Gasteiger partial charge in [-0.05, 0) is 50.9 Å². The second kappa shape index (κ2) is 6.89. The van der Waals surface area contributed by atoms with Crippen LogP contribution in [-0.4, -0.2) is 30.4 Å². The molecule has 0 bridgehead atoms. The van der Waals surface area contributed by atoms with Gasteiger partial charge in [-0.25, -0.2) is 0 Å². The molecule has 3 heteroatoms. The van der Waals surface area contributed by atoms with Crippen molar-refractivity contribution in [2.24, 2.45) is 0 Å². The van der Waals surface area contributed by atoms with Crippen molar-refractivity contribution < 1.29 is 9.53 Å². The average Bonchev–Trinajstić information content (AvgIpc) is 2.47. The number of ether oxygens (including phenoxy) is 1. The fourth-order valence-electron chi connectivity index (χ4n) is 3.07. The molecule has 1 atom stereocenters. The first-order chi connectivity index (χ1) is 9.65. The third kappa shape index (κ3) is 3.40. The number of likely N-dealkylation sites (tertiary alicyclic amines) is 1. The van der Waals surface area contributed by atoms with E-state index >= 15 is 0 Å². The second-order valence-electron chi connectivity index (χ2n) is 5.61. The van der Waals surface area contributed by atoms with Crippen molar-refractivity contribution in [2.75, 3.05) is 13.7 Å². The minimum atomic E-state index is 0.111. The largest absolute Gasteiger partial charge is 0.496 e. The Bertz CT molecular complexity index is 470. The van der Waals surface area contributed by atoms with Gasteiger partial charge in [0, 0.05) is 23.7 Å². The predicted molar refractivity (Wildman–Crippen MR) is 81.3 cm³/mol. The van der Waals surface area contributed by atoms with Crippen LogP contribution in [0.3, 0.4) is 0 Å². The van der Waals surface area contributed by atoms with Crippen LogP contribution in [0.25, 0.3) is 0 Å². The number of Topliss-reactive ketones (excluding diaryl/α,β-unsaturated/α-hetero) is 1. The number of hydrogen-bond donors (Lipinski definition) is 0. The lowest BCUT2D eigenvalue weighted by Gasteiger charge is -2.35. The molecule has 0 spiro atoms. The Kier molecular flexibility index (Phi) is 5.18. The summed E-state index contributed by atoms with van der Waals surface area (Å²) in [6.45, 7) is 5.89. The van der Waals surface area contributed by atoms with E-state index in [0.29, 0.717) is 6.04 Å². The van der Waals surface area contributed by atoms with Crippen LogP contribution in [0.4, 0.5) is 0 Å². The molecule has 0 amide bonds. The zero-order valence-corrected chi connectivity index (χ0v) is 12.8. The highest BCUT2D eigenvalue weighted by Gasteiger charge is 2.22. The van der Waals surface area contributed by atoms with Crippen LogP contribution in [0, 0.1) is 0 Å². The maximum atomic E-state index is 11.6. The molecule has 1 fully saturated rings. The van der Waals surface area contributed by atoms with Gasteiger partial charge in [-0.1, -0.05) is 13.3 Å². The van der Waals surface area contributed by atoms with Gasteiger partial charge in [0.1, 0.15) is 5.75 Å². The molecule has 0 aliphatic carbocycles. The Hall–Kier alpha value is -1.35. The standard InChI is InChI=1S/C17H25NO2/c1-4-16-7-5-6-10-18(16)12-15-11-14(13(2)19)8-9-17(15)20-3/h8-9,11,16H,4-7,10,12H2,1-3H3. The van der Waals surface area contributed by atoms with E-state index in [2.05, 4.69) is 11.8 Å². The van der Waals surface area contributed by atoms with E-state index in [-0.39, 0.29) is 5.78 Å². The van der Waals surface area contributed by atoms with Gasteiger partial charge in [0.05, 0.1) is 7.11 Å². The number of nitrogens with zero attached hydrogens (tertiary/aromatic N) is 1. The van der Waals surface area contributed by atoms with Gasteiger partial charge in [-0.15, -0.1) is 0 Å². The van der Waals surface area contributed by atoms with E-state index in [4.69, 9.17) is 4.74 Å². The molecular formula is C17H25NO2. The minimum Gasteiger partial charge on any atom is -0.496 e. The summed E-state index contributed by atoms with van der Waals surface area (Å²) < 4.78 is 5.45. The van der Waals surface area contributed by atoms with Crippen LogP contribution in [0.15, 0.2) is 18.2 Å². The summed E-state index contributed by atoms with van der Waals surface area (Å²) in [7, 11) is 1.69. The quantitative estimate of drug-likeness (QED) is 0.768. The molecule has 1 aromatic rings. The molecule has 1 aliphatic heterocycles. The molecule has 1 aromatic carbocycles. The molecule has 1 saturated heterocycles. The maximum Gasteiger partial charge on any atom is 0.159 e.